The standard InChI is InChI=1S/C17H22ClNO3/c1-11-9-19(10-17(11,21)13-4-3-5-13)16(20)12-6-7-15(22-2)14(18)8-12/h6-8,11,13,21H,3-5,9-10H2,1-2H3/t11-,17+/m1/s1. The van der Waals surface area contributed by atoms with Crippen molar-refractivity contribution in [3.05, 3.63) is 28.8 Å². The van der Waals surface area contributed by atoms with E-state index in [1.54, 1.807) is 30.2 Å². The number of likely N-dealkylation sites (tertiary alicyclic amines) is 1. The fourth-order valence-corrected chi connectivity index (χ4v) is 3.85. The molecule has 1 saturated carbocycles. The first-order valence-electron chi connectivity index (χ1n) is 7.81. The molecule has 120 valence electrons. The molecule has 2 fully saturated rings. The number of benzene rings is 1. The fourth-order valence-electron chi connectivity index (χ4n) is 3.59. The lowest BCUT2D eigenvalue weighted by molar-refractivity contribution is -0.0660. The minimum absolute atomic E-state index is 0.0772. The van der Waals surface area contributed by atoms with Gasteiger partial charge in [-0.25, -0.2) is 0 Å². The number of carbonyl (C=O) groups is 1. The van der Waals surface area contributed by atoms with Crippen molar-refractivity contribution in [2.45, 2.75) is 31.8 Å². The van der Waals surface area contributed by atoms with Crippen LogP contribution in [0.15, 0.2) is 18.2 Å². The molecular weight excluding hydrogens is 302 g/mol. The van der Waals surface area contributed by atoms with Crippen LogP contribution in [0.2, 0.25) is 5.02 Å². The van der Waals surface area contributed by atoms with Gasteiger partial charge in [0, 0.05) is 18.0 Å². The normalized spacial score (nSPS) is 28.5. The highest BCUT2D eigenvalue weighted by Gasteiger charge is 2.51. The number of amides is 1. The molecule has 1 saturated heterocycles. The van der Waals surface area contributed by atoms with Gasteiger partial charge in [-0.3, -0.25) is 4.79 Å². The van der Waals surface area contributed by atoms with Gasteiger partial charge in [0.05, 0.1) is 24.3 Å². The van der Waals surface area contributed by atoms with Gasteiger partial charge in [-0.05, 0) is 37.0 Å². The molecule has 0 aromatic heterocycles. The van der Waals surface area contributed by atoms with Crippen LogP contribution in [0.5, 0.6) is 5.75 Å². The molecular formula is C17H22ClNO3. The van der Waals surface area contributed by atoms with Crippen LogP contribution in [0, 0.1) is 11.8 Å². The van der Waals surface area contributed by atoms with Gasteiger partial charge < -0.3 is 14.7 Å². The summed E-state index contributed by atoms with van der Waals surface area (Å²) in [5.41, 5.74) is -0.194. The molecule has 2 atom stereocenters. The molecule has 1 N–H and O–H groups in total. The number of methoxy groups -OCH3 is 1. The van der Waals surface area contributed by atoms with Gasteiger partial charge in [-0.2, -0.15) is 0 Å². The Kier molecular flexibility index (Phi) is 4.08. The van der Waals surface area contributed by atoms with Crippen molar-refractivity contribution in [2.75, 3.05) is 20.2 Å². The Morgan fingerprint density at radius 2 is 2.18 bits per heavy atom. The van der Waals surface area contributed by atoms with E-state index in [-0.39, 0.29) is 11.8 Å². The van der Waals surface area contributed by atoms with Crippen molar-refractivity contribution in [1.29, 1.82) is 0 Å². The lowest BCUT2D eigenvalue weighted by atomic mass is 9.69. The third kappa shape index (κ3) is 2.48. The van der Waals surface area contributed by atoms with E-state index in [9.17, 15) is 9.90 Å². The highest BCUT2D eigenvalue weighted by atomic mass is 35.5. The molecule has 1 aliphatic carbocycles. The zero-order valence-corrected chi connectivity index (χ0v) is 13.8. The Balaban J connectivity index is 1.77. The molecule has 1 amide bonds. The van der Waals surface area contributed by atoms with E-state index < -0.39 is 5.60 Å². The van der Waals surface area contributed by atoms with Gasteiger partial charge in [-0.1, -0.05) is 24.9 Å². The van der Waals surface area contributed by atoms with Gasteiger partial charge in [0.25, 0.3) is 5.91 Å². The van der Waals surface area contributed by atoms with Gasteiger partial charge in [0.15, 0.2) is 0 Å². The lowest BCUT2D eigenvalue weighted by Gasteiger charge is -2.41. The monoisotopic (exact) mass is 323 g/mol. The Morgan fingerprint density at radius 1 is 1.45 bits per heavy atom. The molecule has 0 radical (unpaired) electrons. The Hall–Kier alpha value is -1.26. The molecule has 1 aromatic carbocycles. The Bertz CT molecular complexity index is 587. The maximum absolute atomic E-state index is 12.7. The summed E-state index contributed by atoms with van der Waals surface area (Å²) in [6.45, 7) is 3.05. The molecule has 1 heterocycles. The molecule has 1 aliphatic heterocycles. The van der Waals surface area contributed by atoms with E-state index in [4.69, 9.17) is 16.3 Å². The molecule has 0 spiro atoms. The first-order chi connectivity index (χ1) is 10.5. The van der Waals surface area contributed by atoms with E-state index in [0.717, 1.165) is 12.8 Å². The number of hydrogen-bond acceptors (Lipinski definition) is 3. The van der Waals surface area contributed by atoms with Gasteiger partial charge in [0.2, 0.25) is 0 Å². The number of aliphatic hydroxyl groups is 1. The molecule has 0 unspecified atom stereocenters. The molecule has 0 bridgehead atoms. The summed E-state index contributed by atoms with van der Waals surface area (Å²) in [6.07, 6.45) is 3.32. The number of hydrogen-bond donors (Lipinski definition) is 1. The molecule has 22 heavy (non-hydrogen) atoms. The number of carbonyl (C=O) groups excluding carboxylic acids is 1. The van der Waals surface area contributed by atoms with Gasteiger partial charge in [0.1, 0.15) is 5.75 Å². The van der Waals surface area contributed by atoms with E-state index in [2.05, 4.69) is 0 Å². The van der Waals surface area contributed by atoms with Crippen LogP contribution in [-0.4, -0.2) is 41.7 Å². The quantitative estimate of drug-likeness (QED) is 0.930. The van der Waals surface area contributed by atoms with Crippen LogP contribution in [0.3, 0.4) is 0 Å². The number of ether oxygens (including phenoxy) is 1. The van der Waals surface area contributed by atoms with E-state index in [1.165, 1.54) is 6.42 Å². The van der Waals surface area contributed by atoms with E-state index in [0.29, 0.717) is 35.3 Å². The van der Waals surface area contributed by atoms with E-state index in [1.807, 2.05) is 6.92 Å². The second kappa shape index (κ2) is 5.74. The Morgan fingerprint density at radius 3 is 2.73 bits per heavy atom. The SMILES string of the molecule is COc1ccc(C(=O)N2C[C@@H](C)[C@](O)(C3CCC3)C2)cc1Cl. The summed E-state index contributed by atoms with van der Waals surface area (Å²) in [6, 6.07) is 5.06. The van der Waals surface area contributed by atoms with Gasteiger partial charge in [-0.15, -0.1) is 0 Å². The van der Waals surface area contributed by atoms with Crippen molar-refractivity contribution in [3.8, 4) is 5.75 Å². The molecule has 1 aromatic rings. The predicted molar refractivity (Wildman–Crippen MR) is 85.4 cm³/mol. The van der Waals surface area contributed by atoms with Crippen LogP contribution in [0.1, 0.15) is 36.5 Å². The van der Waals surface area contributed by atoms with Crippen molar-refractivity contribution >= 4 is 17.5 Å². The largest absolute Gasteiger partial charge is 0.495 e. The summed E-state index contributed by atoms with van der Waals surface area (Å²) in [7, 11) is 1.55. The summed E-state index contributed by atoms with van der Waals surface area (Å²) in [5, 5.41) is 11.4. The molecule has 5 heteroatoms. The number of halogens is 1. The average Bonchev–Trinajstić information content (AvgIpc) is 2.72. The summed E-state index contributed by atoms with van der Waals surface area (Å²) in [4.78, 5) is 14.4. The second-order valence-corrected chi connectivity index (χ2v) is 6.96. The second-order valence-electron chi connectivity index (χ2n) is 6.56. The fraction of sp³-hybridized carbons (Fsp3) is 0.588. The highest BCUT2D eigenvalue weighted by molar-refractivity contribution is 6.32. The van der Waals surface area contributed by atoms with Crippen molar-refractivity contribution in [2.24, 2.45) is 11.8 Å². The predicted octanol–water partition coefficient (Wildman–Crippen LogP) is 2.97. The first kappa shape index (κ1) is 15.6. The maximum Gasteiger partial charge on any atom is 0.254 e. The third-order valence-corrected chi connectivity index (χ3v) is 5.59. The van der Waals surface area contributed by atoms with Crippen molar-refractivity contribution in [1.82, 2.24) is 4.90 Å². The third-order valence-electron chi connectivity index (χ3n) is 5.29. The molecule has 4 nitrogen and oxygen atoms in total. The van der Waals surface area contributed by atoms with Gasteiger partial charge >= 0.3 is 0 Å². The number of rotatable bonds is 3. The Labute approximate surface area is 136 Å². The summed E-state index contributed by atoms with van der Waals surface area (Å²) >= 11 is 6.10. The zero-order chi connectivity index (χ0) is 15.9. The van der Waals surface area contributed by atoms with Crippen LogP contribution in [-0.2, 0) is 0 Å². The smallest absolute Gasteiger partial charge is 0.254 e. The summed E-state index contributed by atoms with van der Waals surface area (Å²) < 4.78 is 5.11. The van der Waals surface area contributed by atoms with Crippen molar-refractivity contribution < 1.29 is 14.6 Å². The first-order valence-corrected chi connectivity index (χ1v) is 8.18. The minimum Gasteiger partial charge on any atom is -0.495 e. The zero-order valence-electron chi connectivity index (χ0n) is 13.0. The molecule has 3 rings (SSSR count). The maximum atomic E-state index is 12.7. The topological polar surface area (TPSA) is 49.8 Å². The van der Waals surface area contributed by atoms with Crippen LogP contribution >= 0.6 is 11.6 Å². The van der Waals surface area contributed by atoms with Crippen LogP contribution in [0.4, 0.5) is 0 Å². The minimum atomic E-state index is -0.732. The van der Waals surface area contributed by atoms with Crippen molar-refractivity contribution in [3.63, 3.8) is 0 Å². The average molecular weight is 324 g/mol. The summed E-state index contributed by atoms with van der Waals surface area (Å²) in [5.74, 6) is 0.917. The highest BCUT2D eigenvalue weighted by Crippen LogP contribution is 2.44. The van der Waals surface area contributed by atoms with E-state index >= 15 is 0 Å². The molecule has 2 aliphatic rings. The lowest BCUT2D eigenvalue weighted by Crippen LogP contribution is -2.48. The van der Waals surface area contributed by atoms with Crippen LogP contribution < -0.4 is 4.74 Å². The number of β-amino-alcohol motifs (C(OH)–C–C–N with tert-alkyl or cyclic N) is 1. The van der Waals surface area contributed by atoms with Crippen LogP contribution in [0.25, 0.3) is 0 Å². The number of nitrogens with zero attached hydrogens (tertiary/aromatic N) is 1.